The van der Waals surface area contributed by atoms with Crippen molar-refractivity contribution in [2.75, 3.05) is 11.9 Å². The van der Waals surface area contributed by atoms with Crippen LogP contribution < -0.4 is 5.32 Å². The molecule has 4 heterocycles. The van der Waals surface area contributed by atoms with Gasteiger partial charge in [0, 0.05) is 50.5 Å². The molecule has 0 atom stereocenters. The van der Waals surface area contributed by atoms with Crippen LogP contribution in [0, 0.1) is 0 Å². The van der Waals surface area contributed by atoms with Crippen LogP contribution in [-0.2, 0) is 0 Å². The molecule has 57 heavy (non-hydrogen) atoms. The van der Waals surface area contributed by atoms with Crippen molar-refractivity contribution < 1.29 is 4.42 Å². The highest BCUT2D eigenvalue weighted by atomic mass is 16.3. The second kappa shape index (κ2) is 13.6. The lowest BCUT2D eigenvalue weighted by molar-refractivity contribution is 0.670. The molecule has 0 radical (unpaired) electrons. The van der Waals surface area contributed by atoms with Crippen LogP contribution in [0.25, 0.3) is 107 Å². The Hall–Kier alpha value is -7.70. The average Bonchev–Trinajstić information content (AvgIpc) is 3.68. The summed E-state index contributed by atoms with van der Waals surface area (Å²) < 4.78 is 6.57. The Bertz CT molecular complexity index is 3170. The summed E-state index contributed by atoms with van der Waals surface area (Å²) in [7, 11) is 0. The third-order valence-corrected chi connectivity index (χ3v) is 10.7. The summed E-state index contributed by atoms with van der Waals surface area (Å²) in [6.07, 6.45) is 4.29. The van der Waals surface area contributed by atoms with E-state index in [1.807, 2.05) is 48.5 Å². The summed E-state index contributed by atoms with van der Waals surface area (Å²) in [6.45, 7) is 0.763. The molecular weight excluding hydrogens is 699 g/mol. The van der Waals surface area contributed by atoms with Gasteiger partial charge in [-0.05, 0) is 52.6 Å². The standard InChI is InChI=1S/C51H33N5O/c1-3-11-32(12-4-1)33-20-24-37(25-21-33)50-54-49(36-13-5-2-6-14-36)55-51(56-50)40-30-38(41-17-9-18-43-42-16-7-8-19-45(42)57-48(41)43)29-39(31-40)44-27-26-35-23-22-34-15-10-28-52-46(34)47(35)53-44/h1-27,29-31,52H,28H2. The molecule has 0 saturated carbocycles. The molecule has 0 spiro atoms. The van der Waals surface area contributed by atoms with E-state index in [9.17, 15) is 0 Å². The van der Waals surface area contributed by atoms with E-state index in [0.29, 0.717) is 17.5 Å². The SMILES string of the molecule is C1=Cc2ccc3ccc(-c4cc(-c5nc(-c6ccccc6)nc(-c6ccc(-c7ccccc7)cc6)n5)cc(-c5cccc6c5oc5ccccc56)c4)nc3c2NC1. The van der Waals surface area contributed by atoms with Crippen molar-refractivity contribution in [3.63, 3.8) is 0 Å². The van der Waals surface area contributed by atoms with Crippen LogP contribution in [-0.4, -0.2) is 26.5 Å². The van der Waals surface area contributed by atoms with Crippen molar-refractivity contribution in [2.45, 2.75) is 0 Å². The van der Waals surface area contributed by atoms with Gasteiger partial charge in [0.15, 0.2) is 17.5 Å². The van der Waals surface area contributed by atoms with Gasteiger partial charge < -0.3 is 9.73 Å². The zero-order valence-corrected chi connectivity index (χ0v) is 30.7. The zero-order valence-electron chi connectivity index (χ0n) is 30.7. The molecule has 6 heteroatoms. The number of anilines is 1. The molecule has 1 aliphatic rings. The number of hydrogen-bond acceptors (Lipinski definition) is 6. The van der Waals surface area contributed by atoms with Crippen molar-refractivity contribution in [2.24, 2.45) is 0 Å². The number of furan rings is 1. The smallest absolute Gasteiger partial charge is 0.164 e. The van der Waals surface area contributed by atoms with Crippen molar-refractivity contribution in [3.05, 3.63) is 181 Å². The lowest BCUT2D eigenvalue weighted by Gasteiger charge is -2.16. The molecule has 0 aliphatic carbocycles. The Balaban J connectivity index is 1.13. The van der Waals surface area contributed by atoms with Gasteiger partial charge in [-0.3, -0.25) is 0 Å². The Morgan fingerprint density at radius 3 is 1.88 bits per heavy atom. The minimum absolute atomic E-state index is 0.566. The Labute approximate surface area is 328 Å². The second-order valence-electron chi connectivity index (χ2n) is 14.3. The van der Waals surface area contributed by atoms with Crippen LogP contribution in [0.4, 0.5) is 5.69 Å². The van der Waals surface area contributed by atoms with Crippen molar-refractivity contribution in [1.82, 2.24) is 19.9 Å². The quantitative estimate of drug-likeness (QED) is 0.183. The summed E-state index contributed by atoms with van der Waals surface area (Å²) in [5, 5.41) is 6.79. The van der Waals surface area contributed by atoms with Gasteiger partial charge in [-0.2, -0.15) is 0 Å². The maximum Gasteiger partial charge on any atom is 0.164 e. The average molecular weight is 732 g/mol. The Morgan fingerprint density at radius 2 is 1.07 bits per heavy atom. The van der Waals surface area contributed by atoms with Crippen LogP contribution in [0.3, 0.4) is 0 Å². The molecule has 7 aromatic carbocycles. The highest BCUT2D eigenvalue weighted by Gasteiger charge is 2.19. The summed E-state index contributed by atoms with van der Waals surface area (Å²) in [5.74, 6) is 1.76. The van der Waals surface area contributed by atoms with E-state index in [2.05, 4.69) is 139 Å². The number of para-hydroxylation sites is 2. The molecule has 0 unspecified atom stereocenters. The first-order chi connectivity index (χ1) is 28.2. The van der Waals surface area contributed by atoms with E-state index in [-0.39, 0.29) is 0 Å². The topological polar surface area (TPSA) is 76.7 Å². The van der Waals surface area contributed by atoms with E-state index >= 15 is 0 Å². The lowest BCUT2D eigenvalue weighted by Crippen LogP contribution is -2.05. The summed E-state index contributed by atoms with van der Waals surface area (Å²) in [4.78, 5) is 20.7. The monoisotopic (exact) mass is 731 g/mol. The number of nitrogens with zero attached hydrogens (tertiary/aromatic N) is 4. The predicted octanol–water partition coefficient (Wildman–Crippen LogP) is 12.8. The molecule has 10 aromatic rings. The third-order valence-electron chi connectivity index (χ3n) is 10.7. The molecule has 1 aliphatic heterocycles. The van der Waals surface area contributed by atoms with Crippen LogP contribution in [0.1, 0.15) is 5.56 Å². The molecule has 1 N–H and O–H groups in total. The van der Waals surface area contributed by atoms with Gasteiger partial charge in [-0.1, -0.05) is 152 Å². The number of rotatable bonds is 6. The maximum atomic E-state index is 6.57. The molecule has 11 rings (SSSR count). The van der Waals surface area contributed by atoms with Crippen LogP contribution in [0.15, 0.2) is 180 Å². The first kappa shape index (κ1) is 32.7. The van der Waals surface area contributed by atoms with E-state index in [4.69, 9.17) is 24.4 Å². The first-order valence-corrected chi connectivity index (χ1v) is 19.1. The lowest BCUT2D eigenvalue weighted by atomic mass is 9.96. The summed E-state index contributed by atoms with van der Waals surface area (Å²) >= 11 is 0. The van der Waals surface area contributed by atoms with E-state index in [1.165, 1.54) is 0 Å². The van der Waals surface area contributed by atoms with Gasteiger partial charge in [0.2, 0.25) is 0 Å². The van der Waals surface area contributed by atoms with Crippen LogP contribution in [0.5, 0.6) is 0 Å². The van der Waals surface area contributed by atoms with Gasteiger partial charge in [0.05, 0.1) is 16.9 Å². The van der Waals surface area contributed by atoms with Gasteiger partial charge in [-0.25, -0.2) is 19.9 Å². The predicted molar refractivity (Wildman–Crippen MR) is 233 cm³/mol. The minimum atomic E-state index is 0.566. The van der Waals surface area contributed by atoms with Gasteiger partial charge in [0.1, 0.15) is 11.2 Å². The molecule has 0 bridgehead atoms. The highest BCUT2D eigenvalue weighted by molar-refractivity contribution is 6.10. The number of pyridine rings is 1. The van der Waals surface area contributed by atoms with Crippen molar-refractivity contribution in [1.29, 1.82) is 0 Å². The molecule has 3 aromatic heterocycles. The van der Waals surface area contributed by atoms with E-state index < -0.39 is 0 Å². The molecule has 0 saturated heterocycles. The van der Waals surface area contributed by atoms with Crippen molar-refractivity contribution in [3.8, 4) is 67.7 Å². The first-order valence-electron chi connectivity index (χ1n) is 19.1. The number of nitrogens with one attached hydrogen (secondary N) is 1. The fourth-order valence-electron chi connectivity index (χ4n) is 7.86. The highest BCUT2D eigenvalue weighted by Crippen LogP contribution is 2.40. The molecule has 268 valence electrons. The van der Waals surface area contributed by atoms with Crippen LogP contribution in [0.2, 0.25) is 0 Å². The molecular formula is C51H33N5O. The molecule has 0 fully saturated rings. The van der Waals surface area contributed by atoms with Gasteiger partial charge in [-0.15, -0.1) is 0 Å². The Kier molecular flexibility index (Phi) is 7.78. The minimum Gasteiger partial charge on any atom is -0.455 e. The second-order valence-corrected chi connectivity index (χ2v) is 14.3. The molecule has 0 amide bonds. The number of fused-ring (bicyclic) bond motifs is 6. The van der Waals surface area contributed by atoms with Gasteiger partial charge >= 0.3 is 0 Å². The number of hydrogen-bond donors (Lipinski definition) is 1. The third kappa shape index (κ3) is 5.92. The summed E-state index contributed by atoms with van der Waals surface area (Å²) in [6, 6.07) is 58.5. The molecule has 6 nitrogen and oxygen atoms in total. The van der Waals surface area contributed by atoms with Crippen LogP contribution >= 0.6 is 0 Å². The fraction of sp³-hybridized carbons (Fsp3) is 0.0196. The maximum absolute atomic E-state index is 6.57. The van der Waals surface area contributed by atoms with Crippen molar-refractivity contribution >= 4 is 44.6 Å². The largest absolute Gasteiger partial charge is 0.455 e. The zero-order chi connectivity index (χ0) is 37.7. The fourth-order valence-corrected chi connectivity index (χ4v) is 7.86. The Morgan fingerprint density at radius 1 is 0.456 bits per heavy atom. The number of benzene rings is 7. The van der Waals surface area contributed by atoms with Gasteiger partial charge in [0.25, 0.3) is 0 Å². The number of aromatic nitrogens is 4. The summed E-state index contributed by atoms with van der Waals surface area (Å²) in [5.41, 5.74) is 13.5. The van der Waals surface area contributed by atoms with E-state index in [1.54, 1.807) is 0 Å². The van der Waals surface area contributed by atoms with E-state index in [0.717, 1.165) is 101 Å². The normalized spacial score (nSPS) is 12.2.